The Kier molecular flexibility index (Phi) is 7.19. The van der Waals surface area contributed by atoms with Crippen molar-refractivity contribution in [1.82, 2.24) is 0 Å². The predicted octanol–water partition coefficient (Wildman–Crippen LogP) is 5.15. The standard InChI is InChI=1S/C22H20F3NO5/c1-28-11-12-29-19-9-7-15(22(23,24)25)13-18(19)26-21(27)20-10-8-17(31-20)14-30-16-5-3-2-4-6-16/h2-10,13H,11-12,14H2,1H3,(H,26,27). The lowest BCUT2D eigenvalue weighted by molar-refractivity contribution is -0.137. The molecule has 1 N–H and O–H groups in total. The Morgan fingerprint density at radius 2 is 1.77 bits per heavy atom. The van der Waals surface area contributed by atoms with Crippen LogP contribution >= 0.6 is 0 Å². The lowest BCUT2D eigenvalue weighted by atomic mass is 10.1. The number of nitrogens with one attached hydrogen (secondary N) is 1. The molecule has 0 saturated carbocycles. The van der Waals surface area contributed by atoms with Crippen molar-refractivity contribution < 1.29 is 36.6 Å². The summed E-state index contributed by atoms with van der Waals surface area (Å²) >= 11 is 0. The first kappa shape index (κ1) is 22.2. The number of anilines is 1. The van der Waals surface area contributed by atoms with Gasteiger partial charge in [0.15, 0.2) is 5.76 Å². The van der Waals surface area contributed by atoms with Crippen LogP contribution < -0.4 is 14.8 Å². The number of carbonyl (C=O) groups is 1. The van der Waals surface area contributed by atoms with Crippen molar-refractivity contribution >= 4 is 11.6 Å². The number of methoxy groups -OCH3 is 1. The van der Waals surface area contributed by atoms with Crippen LogP contribution in [0.2, 0.25) is 0 Å². The Morgan fingerprint density at radius 3 is 2.48 bits per heavy atom. The number of alkyl halides is 3. The van der Waals surface area contributed by atoms with Crippen LogP contribution in [0.25, 0.3) is 0 Å². The summed E-state index contributed by atoms with van der Waals surface area (Å²) < 4.78 is 60.6. The van der Waals surface area contributed by atoms with Gasteiger partial charge < -0.3 is 23.9 Å². The van der Waals surface area contributed by atoms with Gasteiger partial charge in [0, 0.05) is 7.11 Å². The lowest BCUT2D eigenvalue weighted by Gasteiger charge is -2.15. The Bertz CT molecular complexity index is 1000. The third-order valence-electron chi connectivity index (χ3n) is 4.11. The molecule has 3 aromatic rings. The van der Waals surface area contributed by atoms with Gasteiger partial charge in [-0.3, -0.25) is 4.79 Å². The van der Waals surface area contributed by atoms with E-state index in [2.05, 4.69) is 5.32 Å². The Balaban J connectivity index is 1.71. The summed E-state index contributed by atoms with van der Waals surface area (Å²) in [5.74, 6) is 0.299. The molecule has 0 fully saturated rings. The van der Waals surface area contributed by atoms with Gasteiger partial charge in [0.05, 0.1) is 17.9 Å². The molecule has 0 bridgehead atoms. The molecule has 3 rings (SSSR count). The summed E-state index contributed by atoms with van der Waals surface area (Å²) in [5, 5.41) is 2.41. The topological polar surface area (TPSA) is 69.9 Å². The van der Waals surface area contributed by atoms with Crippen LogP contribution in [-0.2, 0) is 17.5 Å². The van der Waals surface area contributed by atoms with Crippen LogP contribution in [0.15, 0.2) is 65.1 Å². The van der Waals surface area contributed by atoms with E-state index in [0.717, 1.165) is 18.2 Å². The second kappa shape index (κ2) is 10.0. The fourth-order valence-electron chi connectivity index (χ4n) is 2.60. The minimum atomic E-state index is -4.57. The number of benzene rings is 2. The Morgan fingerprint density at radius 1 is 1.00 bits per heavy atom. The van der Waals surface area contributed by atoms with Gasteiger partial charge in [0.25, 0.3) is 5.91 Å². The summed E-state index contributed by atoms with van der Waals surface area (Å²) in [6.45, 7) is 0.427. The highest BCUT2D eigenvalue weighted by Crippen LogP contribution is 2.35. The van der Waals surface area contributed by atoms with Crippen molar-refractivity contribution in [3.8, 4) is 11.5 Å². The minimum Gasteiger partial charge on any atom is -0.489 e. The highest BCUT2D eigenvalue weighted by atomic mass is 19.4. The van der Waals surface area contributed by atoms with Gasteiger partial charge in [-0.15, -0.1) is 0 Å². The molecule has 6 nitrogen and oxygen atoms in total. The van der Waals surface area contributed by atoms with E-state index in [-0.39, 0.29) is 37.0 Å². The lowest BCUT2D eigenvalue weighted by Crippen LogP contribution is -2.15. The number of hydrogen-bond acceptors (Lipinski definition) is 5. The molecule has 31 heavy (non-hydrogen) atoms. The van der Waals surface area contributed by atoms with E-state index in [1.165, 1.54) is 13.2 Å². The summed E-state index contributed by atoms with van der Waals surface area (Å²) in [4.78, 5) is 12.5. The molecule has 2 aromatic carbocycles. The number of rotatable bonds is 9. The summed E-state index contributed by atoms with van der Waals surface area (Å²) in [6.07, 6.45) is -4.57. The number of hydrogen-bond donors (Lipinski definition) is 1. The number of carbonyl (C=O) groups excluding carboxylic acids is 1. The summed E-state index contributed by atoms with van der Waals surface area (Å²) in [6, 6.07) is 14.8. The van der Waals surface area contributed by atoms with Gasteiger partial charge in [-0.1, -0.05) is 18.2 Å². The average Bonchev–Trinajstić information content (AvgIpc) is 3.23. The molecule has 0 saturated heterocycles. The van der Waals surface area contributed by atoms with Crippen LogP contribution in [0.5, 0.6) is 11.5 Å². The average molecular weight is 435 g/mol. The van der Waals surface area contributed by atoms with Crippen molar-refractivity contribution in [2.45, 2.75) is 12.8 Å². The van der Waals surface area contributed by atoms with Gasteiger partial charge >= 0.3 is 6.18 Å². The molecule has 0 aliphatic heterocycles. The van der Waals surface area contributed by atoms with Gasteiger partial charge in [-0.2, -0.15) is 13.2 Å². The fraction of sp³-hybridized carbons (Fsp3) is 0.227. The van der Waals surface area contributed by atoms with Crippen molar-refractivity contribution in [2.24, 2.45) is 0 Å². The third kappa shape index (κ3) is 6.26. The van der Waals surface area contributed by atoms with Crippen LogP contribution in [0.3, 0.4) is 0 Å². The zero-order valence-corrected chi connectivity index (χ0v) is 16.6. The van der Waals surface area contributed by atoms with Crippen molar-refractivity contribution in [3.05, 3.63) is 77.7 Å². The molecule has 0 spiro atoms. The van der Waals surface area contributed by atoms with Crippen molar-refractivity contribution in [2.75, 3.05) is 25.6 Å². The number of para-hydroxylation sites is 1. The highest BCUT2D eigenvalue weighted by Gasteiger charge is 2.31. The number of ether oxygens (including phenoxy) is 3. The monoisotopic (exact) mass is 435 g/mol. The molecule has 0 radical (unpaired) electrons. The number of furan rings is 1. The molecular formula is C22H20F3NO5. The predicted molar refractivity (Wildman–Crippen MR) is 106 cm³/mol. The zero-order valence-electron chi connectivity index (χ0n) is 16.6. The van der Waals surface area contributed by atoms with Crippen LogP contribution in [0.1, 0.15) is 21.9 Å². The van der Waals surface area contributed by atoms with E-state index < -0.39 is 17.6 Å². The maximum absolute atomic E-state index is 13.1. The van der Waals surface area contributed by atoms with E-state index >= 15 is 0 Å². The highest BCUT2D eigenvalue weighted by molar-refractivity contribution is 6.03. The van der Waals surface area contributed by atoms with Crippen LogP contribution in [-0.4, -0.2) is 26.2 Å². The van der Waals surface area contributed by atoms with Gasteiger partial charge in [0.1, 0.15) is 30.5 Å². The molecule has 1 amide bonds. The summed E-state index contributed by atoms with van der Waals surface area (Å²) in [5.41, 5.74) is -1.05. The smallest absolute Gasteiger partial charge is 0.416 e. The quantitative estimate of drug-likeness (QED) is 0.471. The van der Waals surface area contributed by atoms with Crippen LogP contribution in [0.4, 0.5) is 18.9 Å². The van der Waals surface area contributed by atoms with Gasteiger partial charge in [-0.25, -0.2) is 0 Å². The largest absolute Gasteiger partial charge is 0.489 e. The normalized spacial score (nSPS) is 11.2. The van der Waals surface area contributed by atoms with E-state index in [1.807, 2.05) is 18.2 Å². The molecule has 0 aliphatic carbocycles. The van der Waals surface area contributed by atoms with Gasteiger partial charge in [0.2, 0.25) is 0 Å². The van der Waals surface area contributed by atoms with E-state index in [1.54, 1.807) is 18.2 Å². The minimum absolute atomic E-state index is 0.0769. The number of amides is 1. The van der Waals surface area contributed by atoms with Crippen molar-refractivity contribution in [1.29, 1.82) is 0 Å². The molecule has 9 heteroatoms. The van der Waals surface area contributed by atoms with E-state index in [4.69, 9.17) is 18.6 Å². The van der Waals surface area contributed by atoms with Crippen molar-refractivity contribution in [3.63, 3.8) is 0 Å². The first-order valence-corrected chi connectivity index (χ1v) is 9.27. The van der Waals surface area contributed by atoms with E-state index in [9.17, 15) is 18.0 Å². The maximum Gasteiger partial charge on any atom is 0.416 e. The molecule has 1 aromatic heterocycles. The molecular weight excluding hydrogens is 415 g/mol. The molecule has 0 aliphatic rings. The fourth-order valence-corrected chi connectivity index (χ4v) is 2.60. The van der Waals surface area contributed by atoms with E-state index in [0.29, 0.717) is 11.5 Å². The molecule has 1 heterocycles. The van der Waals surface area contributed by atoms with Crippen LogP contribution in [0, 0.1) is 0 Å². The molecule has 164 valence electrons. The first-order chi connectivity index (χ1) is 14.9. The SMILES string of the molecule is COCCOc1ccc(C(F)(F)F)cc1NC(=O)c1ccc(COc2ccccc2)o1. The Labute approximate surface area is 176 Å². The summed E-state index contributed by atoms with van der Waals surface area (Å²) in [7, 11) is 1.47. The first-order valence-electron chi connectivity index (χ1n) is 9.27. The molecule has 0 unspecified atom stereocenters. The third-order valence-corrected chi connectivity index (χ3v) is 4.11. The Hall–Kier alpha value is -3.46. The number of halogens is 3. The maximum atomic E-state index is 13.1. The van der Waals surface area contributed by atoms with Gasteiger partial charge in [-0.05, 0) is 42.5 Å². The molecule has 0 atom stereocenters. The zero-order chi connectivity index (χ0) is 22.3. The second-order valence-corrected chi connectivity index (χ2v) is 6.37. The second-order valence-electron chi connectivity index (χ2n) is 6.37.